The molecule has 1 unspecified atom stereocenters. The van der Waals surface area contributed by atoms with Crippen molar-refractivity contribution in [3.8, 4) is 11.5 Å². The van der Waals surface area contributed by atoms with Crippen molar-refractivity contribution in [3.63, 3.8) is 0 Å². The lowest BCUT2D eigenvalue weighted by Gasteiger charge is -2.38. The predicted octanol–water partition coefficient (Wildman–Crippen LogP) is 1.62. The van der Waals surface area contributed by atoms with Gasteiger partial charge in [-0.1, -0.05) is 6.07 Å². The van der Waals surface area contributed by atoms with E-state index in [0.29, 0.717) is 12.8 Å². The fourth-order valence-corrected chi connectivity index (χ4v) is 4.90. The summed E-state index contributed by atoms with van der Waals surface area (Å²) >= 11 is 0. The Kier molecular flexibility index (Phi) is 2.36. The first-order valence-corrected chi connectivity index (χ1v) is 7.88. The molecule has 1 saturated heterocycles. The minimum Gasteiger partial charge on any atom is -0.493 e. The fraction of sp³-hybridized carbons (Fsp3) is 0.588. The highest BCUT2D eigenvalue weighted by Gasteiger charge is 2.65. The molecule has 5 nitrogen and oxygen atoms in total. The van der Waals surface area contributed by atoms with Gasteiger partial charge in [0.15, 0.2) is 11.5 Å². The van der Waals surface area contributed by atoms with Gasteiger partial charge in [0, 0.05) is 31.4 Å². The molecule has 1 saturated carbocycles. The number of ketones is 1. The summed E-state index contributed by atoms with van der Waals surface area (Å²) in [7, 11) is 3.76. The minimum absolute atomic E-state index is 0.0614. The number of ether oxygens (including phenoxy) is 3. The lowest BCUT2D eigenvalue weighted by Crippen LogP contribution is -2.51. The molecular formula is C17H19NO4. The van der Waals surface area contributed by atoms with E-state index in [4.69, 9.17) is 14.2 Å². The number of carbonyl (C=O) groups excluding carboxylic acids is 1. The van der Waals surface area contributed by atoms with Crippen LogP contribution in [0.5, 0.6) is 11.5 Å². The van der Waals surface area contributed by atoms with Crippen LogP contribution in [0.2, 0.25) is 0 Å². The van der Waals surface area contributed by atoms with E-state index in [1.54, 1.807) is 7.11 Å². The summed E-state index contributed by atoms with van der Waals surface area (Å²) in [5.41, 5.74) is 2.34. The van der Waals surface area contributed by atoms with Crippen molar-refractivity contribution in [2.75, 3.05) is 14.2 Å². The maximum absolute atomic E-state index is 12.1. The quantitative estimate of drug-likeness (QED) is 0.789. The molecule has 0 aromatic heterocycles. The zero-order chi connectivity index (χ0) is 15.1. The van der Waals surface area contributed by atoms with Gasteiger partial charge in [0.05, 0.1) is 18.6 Å². The average molecular weight is 301 g/mol. The lowest BCUT2D eigenvalue weighted by atomic mass is 9.65. The Morgan fingerprint density at radius 2 is 2.14 bits per heavy atom. The highest BCUT2D eigenvalue weighted by Crippen LogP contribution is 2.61. The van der Waals surface area contributed by atoms with Crippen molar-refractivity contribution in [1.82, 2.24) is 4.90 Å². The van der Waals surface area contributed by atoms with Crippen molar-refractivity contribution in [2.24, 2.45) is 0 Å². The molecule has 5 rings (SSSR count). The molecule has 3 aliphatic heterocycles. The number of benzene rings is 1. The third-order valence-corrected chi connectivity index (χ3v) is 5.87. The van der Waals surface area contributed by atoms with E-state index < -0.39 is 0 Å². The standard InChI is InChI=1S/C17H19NO4/c1-18-8-9-3-4-11(20-2)16-15(9)17-7-14(18)21-12(17)5-10(19)6-13(17)22-16/h3-4,12-14H,5-8H2,1-2H3/t12-,13-,14?,17+/m0/s1. The highest BCUT2D eigenvalue weighted by atomic mass is 16.5. The number of hydrogen-bond acceptors (Lipinski definition) is 5. The fourth-order valence-electron chi connectivity index (χ4n) is 4.90. The van der Waals surface area contributed by atoms with E-state index in [9.17, 15) is 4.79 Å². The molecule has 5 heteroatoms. The van der Waals surface area contributed by atoms with E-state index in [1.807, 2.05) is 6.07 Å². The van der Waals surface area contributed by atoms with Crippen LogP contribution < -0.4 is 9.47 Å². The van der Waals surface area contributed by atoms with Gasteiger partial charge in [0.1, 0.15) is 18.1 Å². The molecule has 1 aromatic carbocycles. The van der Waals surface area contributed by atoms with Gasteiger partial charge in [-0.3, -0.25) is 9.69 Å². The molecule has 1 aliphatic carbocycles. The molecule has 22 heavy (non-hydrogen) atoms. The molecule has 0 N–H and O–H groups in total. The van der Waals surface area contributed by atoms with Gasteiger partial charge < -0.3 is 14.2 Å². The van der Waals surface area contributed by atoms with Gasteiger partial charge in [0.25, 0.3) is 0 Å². The van der Waals surface area contributed by atoms with Gasteiger partial charge in [0.2, 0.25) is 0 Å². The van der Waals surface area contributed by atoms with Crippen molar-refractivity contribution < 1.29 is 19.0 Å². The van der Waals surface area contributed by atoms with E-state index in [-0.39, 0.29) is 29.6 Å². The molecule has 0 amide bonds. The Labute approximate surface area is 129 Å². The molecule has 4 aliphatic rings. The number of fused-ring (bicyclic) bond motifs is 1. The normalized spacial score (nSPS) is 38.5. The zero-order valence-electron chi connectivity index (χ0n) is 12.8. The Bertz CT molecular complexity index is 687. The van der Waals surface area contributed by atoms with Crippen molar-refractivity contribution >= 4 is 5.78 Å². The van der Waals surface area contributed by atoms with Crippen LogP contribution in [0.4, 0.5) is 0 Å². The monoisotopic (exact) mass is 301 g/mol. The van der Waals surface area contributed by atoms with Crippen LogP contribution >= 0.6 is 0 Å². The third kappa shape index (κ3) is 1.35. The van der Waals surface area contributed by atoms with Crippen LogP contribution in [0.1, 0.15) is 30.4 Å². The number of rotatable bonds is 1. The molecule has 2 fully saturated rings. The molecule has 116 valence electrons. The summed E-state index contributed by atoms with van der Waals surface area (Å²) in [5, 5.41) is 0. The van der Waals surface area contributed by atoms with Crippen LogP contribution in [0.3, 0.4) is 0 Å². The van der Waals surface area contributed by atoms with Crippen LogP contribution in [0, 0.1) is 0 Å². The molecule has 3 heterocycles. The first-order valence-electron chi connectivity index (χ1n) is 7.88. The van der Waals surface area contributed by atoms with Crippen LogP contribution in [-0.4, -0.2) is 43.3 Å². The summed E-state index contributed by atoms with van der Waals surface area (Å²) < 4.78 is 18.0. The summed E-state index contributed by atoms with van der Waals surface area (Å²) in [4.78, 5) is 14.4. The molecule has 0 radical (unpaired) electrons. The highest BCUT2D eigenvalue weighted by molar-refractivity contribution is 5.82. The van der Waals surface area contributed by atoms with Crippen molar-refractivity contribution in [3.05, 3.63) is 23.3 Å². The van der Waals surface area contributed by atoms with Crippen LogP contribution in [-0.2, 0) is 21.5 Å². The Hall–Kier alpha value is -1.59. The third-order valence-electron chi connectivity index (χ3n) is 5.87. The Morgan fingerprint density at radius 1 is 1.32 bits per heavy atom. The van der Waals surface area contributed by atoms with Crippen LogP contribution in [0.15, 0.2) is 12.1 Å². The van der Waals surface area contributed by atoms with Crippen molar-refractivity contribution in [2.45, 2.75) is 49.7 Å². The summed E-state index contributed by atoms with van der Waals surface area (Å²) in [5.74, 6) is 1.84. The van der Waals surface area contributed by atoms with E-state index >= 15 is 0 Å². The van der Waals surface area contributed by atoms with Crippen LogP contribution in [0.25, 0.3) is 0 Å². The Morgan fingerprint density at radius 3 is 2.95 bits per heavy atom. The Balaban J connectivity index is 1.80. The first kappa shape index (κ1) is 12.9. The zero-order valence-corrected chi connectivity index (χ0v) is 12.8. The topological polar surface area (TPSA) is 48.0 Å². The summed E-state index contributed by atoms with van der Waals surface area (Å²) in [6.07, 6.45) is 1.76. The van der Waals surface area contributed by atoms with Gasteiger partial charge >= 0.3 is 0 Å². The van der Waals surface area contributed by atoms with Gasteiger partial charge in [-0.25, -0.2) is 0 Å². The van der Waals surface area contributed by atoms with Gasteiger partial charge in [-0.15, -0.1) is 0 Å². The number of carbonyl (C=O) groups is 1. The second kappa shape index (κ2) is 4.03. The van der Waals surface area contributed by atoms with E-state index in [0.717, 1.165) is 24.5 Å². The SMILES string of the molecule is COc1ccc2c3c1O[C@H]1CC(=O)C[C@@H]4OC(C[C@]314)N(C)C2. The second-order valence-electron chi connectivity index (χ2n) is 6.92. The van der Waals surface area contributed by atoms with E-state index in [1.165, 1.54) is 11.1 Å². The lowest BCUT2D eigenvalue weighted by molar-refractivity contribution is -0.132. The first-order chi connectivity index (χ1) is 10.6. The number of nitrogens with zero attached hydrogens (tertiary/aromatic N) is 1. The molecule has 1 spiro atoms. The number of Topliss-reactive ketones (excluding diaryl/α,β-unsaturated/α-hetero) is 1. The number of methoxy groups -OCH3 is 1. The van der Waals surface area contributed by atoms with E-state index in [2.05, 4.69) is 18.0 Å². The largest absolute Gasteiger partial charge is 0.493 e. The molecule has 4 atom stereocenters. The minimum atomic E-state index is -0.178. The smallest absolute Gasteiger partial charge is 0.165 e. The average Bonchev–Trinajstić information content (AvgIpc) is 2.98. The van der Waals surface area contributed by atoms with Gasteiger partial charge in [-0.05, 0) is 18.7 Å². The summed E-state index contributed by atoms with van der Waals surface area (Å²) in [6.45, 7) is 0.843. The summed E-state index contributed by atoms with van der Waals surface area (Å²) in [6, 6.07) is 4.12. The van der Waals surface area contributed by atoms with Gasteiger partial charge in [-0.2, -0.15) is 0 Å². The molecular weight excluding hydrogens is 282 g/mol. The second-order valence-corrected chi connectivity index (χ2v) is 6.92. The van der Waals surface area contributed by atoms with Crippen molar-refractivity contribution in [1.29, 1.82) is 0 Å². The molecule has 2 bridgehead atoms. The maximum atomic E-state index is 12.1. The predicted molar refractivity (Wildman–Crippen MR) is 78.1 cm³/mol. The molecule has 1 aromatic rings. The number of hydrogen-bond donors (Lipinski definition) is 0. The maximum Gasteiger partial charge on any atom is 0.165 e.